The van der Waals surface area contributed by atoms with E-state index in [0.717, 1.165) is 6.07 Å². The van der Waals surface area contributed by atoms with Gasteiger partial charge in [-0.3, -0.25) is 10.1 Å². The van der Waals surface area contributed by atoms with Gasteiger partial charge in [-0.2, -0.15) is 0 Å². The van der Waals surface area contributed by atoms with E-state index in [0.29, 0.717) is 10.6 Å². The molecular formula is C11H13F2NO3S. The molecule has 1 rings (SSSR count). The second-order valence-corrected chi connectivity index (χ2v) is 4.94. The molecule has 7 heteroatoms. The minimum atomic E-state index is -2.75. The molecule has 0 aliphatic heterocycles. The summed E-state index contributed by atoms with van der Waals surface area (Å²) in [4.78, 5) is 10.1. The lowest BCUT2D eigenvalue weighted by atomic mass is 10.2. The van der Waals surface area contributed by atoms with Crippen molar-refractivity contribution in [1.82, 2.24) is 0 Å². The zero-order valence-electron chi connectivity index (χ0n) is 9.68. The lowest BCUT2D eigenvalue weighted by Crippen LogP contribution is -2.04. The number of rotatable bonds is 6. The average Bonchev–Trinajstić information content (AvgIpc) is 2.35. The first-order valence-electron chi connectivity index (χ1n) is 5.25. The molecule has 0 bridgehead atoms. The Morgan fingerprint density at radius 1 is 1.50 bits per heavy atom. The topological polar surface area (TPSA) is 63.4 Å². The number of aliphatic hydroxyl groups is 1. The summed E-state index contributed by atoms with van der Waals surface area (Å²) >= 11 is 1.17. The van der Waals surface area contributed by atoms with Crippen molar-refractivity contribution in [2.24, 2.45) is 5.92 Å². The molecule has 18 heavy (non-hydrogen) atoms. The monoisotopic (exact) mass is 277 g/mol. The van der Waals surface area contributed by atoms with Crippen LogP contribution >= 0.6 is 11.8 Å². The van der Waals surface area contributed by atoms with Crippen molar-refractivity contribution in [3.63, 3.8) is 0 Å². The highest BCUT2D eigenvalue weighted by atomic mass is 32.2. The molecule has 100 valence electrons. The summed E-state index contributed by atoms with van der Waals surface area (Å²) in [7, 11) is 0. The summed E-state index contributed by atoms with van der Waals surface area (Å²) in [6, 6.07) is 3.43. The summed E-state index contributed by atoms with van der Waals surface area (Å²) in [5.74, 6) is 0.462. The highest BCUT2D eigenvalue weighted by Gasteiger charge is 2.18. The molecule has 0 radical (unpaired) electrons. The maximum Gasteiger partial charge on any atom is 0.269 e. The number of alkyl halides is 2. The molecule has 0 heterocycles. The standard InChI is InChI=1S/C11H13F2NO3S/c1-7(5-15)6-18-10-3-2-8(14(16)17)4-9(10)11(12)13/h2-4,7,11,15H,5-6H2,1H3. The Morgan fingerprint density at radius 3 is 2.67 bits per heavy atom. The zero-order chi connectivity index (χ0) is 13.7. The lowest BCUT2D eigenvalue weighted by Gasteiger charge is -2.11. The number of nitro groups is 1. The second kappa shape index (κ2) is 6.65. The summed E-state index contributed by atoms with van der Waals surface area (Å²) in [6.07, 6.45) is -2.75. The molecule has 0 aliphatic rings. The molecule has 0 saturated carbocycles. The fourth-order valence-corrected chi connectivity index (χ4v) is 2.28. The highest BCUT2D eigenvalue weighted by molar-refractivity contribution is 7.99. The Bertz CT molecular complexity index is 429. The maximum absolute atomic E-state index is 12.8. The molecule has 1 aromatic carbocycles. The molecule has 1 aromatic rings. The van der Waals surface area contributed by atoms with Crippen LogP contribution in [0.5, 0.6) is 0 Å². The number of benzene rings is 1. The van der Waals surface area contributed by atoms with Crippen molar-refractivity contribution in [1.29, 1.82) is 0 Å². The van der Waals surface area contributed by atoms with E-state index in [-0.39, 0.29) is 23.8 Å². The van der Waals surface area contributed by atoms with Crippen molar-refractivity contribution in [3.8, 4) is 0 Å². The zero-order valence-corrected chi connectivity index (χ0v) is 10.5. The van der Waals surface area contributed by atoms with Crippen molar-refractivity contribution in [3.05, 3.63) is 33.9 Å². The van der Waals surface area contributed by atoms with Gasteiger partial charge in [0, 0.05) is 35.0 Å². The molecule has 0 aliphatic carbocycles. The van der Waals surface area contributed by atoms with Gasteiger partial charge < -0.3 is 5.11 Å². The van der Waals surface area contributed by atoms with Crippen molar-refractivity contribution in [2.75, 3.05) is 12.4 Å². The minimum Gasteiger partial charge on any atom is -0.396 e. The number of hydrogen-bond acceptors (Lipinski definition) is 4. The van der Waals surface area contributed by atoms with Crippen LogP contribution in [-0.2, 0) is 0 Å². The molecule has 1 N–H and O–H groups in total. The Kier molecular flexibility index (Phi) is 5.49. The third-order valence-electron chi connectivity index (χ3n) is 2.27. The number of aliphatic hydroxyl groups excluding tert-OH is 1. The van der Waals surface area contributed by atoms with Crippen LogP contribution in [0.15, 0.2) is 23.1 Å². The number of halogens is 2. The number of non-ortho nitro benzene ring substituents is 1. The largest absolute Gasteiger partial charge is 0.396 e. The van der Waals surface area contributed by atoms with Crippen molar-refractivity contribution >= 4 is 17.4 Å². The number of thioether (sulfide) groups is 1. The van der Waals surface area contributed by atoms with Gasteiger partial charge in [0.15, 0.2) is 0 Å². The van der Waals surface area contributed by atoms with Crippen LogP contribution in [0.3, 0.4) is 0 Å². The van der Waals surface area contributed by atoms with Gasteiger partial charge >= 0.3 is 0 Å². The molecule has 0 saturated heterocycles. The number of nitrogens with zero attached hydrogens (tertiary/aromatic N) is 1. The first-order chi connectivity index (χ1) is 8.45. The van der Waals surface area contributed by atoms with E-state index in [1.807, 2.05) is 0 Å². The fourth-order valence-electron chi connectivity index (χ4n) is 1.24. The molecule has 0 fully saturated rings. The molecule has 0 amide bonds. The van der Waals surface area contributed by atoms with Gasteiger partial charge in [0.1, 0.15) is 0 Å². The molecule has 1 unspecified atom stereocenters. The summed E-state index contributed by atoms with van der Waals surface area (Å²) in [6.45, 7) is 1.77. The van der Waals surface area contributed by atoms with Crippen LogP contribution in [0, 0.1) is 16.0 Å². The smallest absolute Gasteiger partial charge is 0.269 e. The lowest BCUT2D eigenvalue weighted by molar-refractivity contribution is -0.385. The van der Waals surface area contributed by atoms with Crippen LogP contribution in [0.4, 0.5) is 14.5 Å². The van der Waals surface area contributed by atoms with Crippen LogP contribution in [-0.4, -0.2) is 22.4 Å². The Morgan fingerprint density at radius 2 is 2.17 bits per heavy atom. The predicted octanol–water partition coefficient (Wildman–Crippen LogP) is 3.25. The van der Waals surface area contributed by atoms with Crippen molar-refractivity contribution < 1.29 is 18.8 Å². The summed E-state index contributed by atoms with van der Waals surface area (Å²) < 4.78 is 25.6. The van der Waals surface area contributed by atoms with E-state index in [1.165, 1.54) is 23.9 Å². The van der Waals surface area contributed by atoms with Crippen molar-refractivity contribution in [2.45, 2.75) is 18.2 Å². The van der Waals surface area contributed by atoms with Gasteiger partial charge in [-0.1, -0.05) is 6.92 Å². The Balaban J connectivity index is 2.93. The van der Waals surface area contributed by atoms with Gasteiger partial charge in [0.05, 0.1) is 4.92 Å². The van der Waals surface area contributed by atoms with Gasteiger partial charge in [-0.15, -0.1) is 11.8 Å². The third kappa shape index (κ3) is 3.92. The van der Waals surface area contributed by atoms with Crippen LogP contribution in [0.1, 0.15) is 18.9 Å². The van der Waals surface area contributed by atoms with Crippen LogP contribution < -0.4 is 0 Å². The fraction of sp³-hybridized carbons (Fsp3) is 0.455. The maximum atomic E-state index is 12.8. The van der Waals surface area contributed by atoms with E-state index in [1.54, 1.807) is 6.92 Å². The Labute approximate surface area is 107 Å². The predicted molar refractivity (Wildman–Crippen MR) is 65.0 cm³/mol. The van der Waals surface area contributed by atoms with E-state index in [2.05, 4.69) is 0 Å². The summed E-state index contributed by atoms with van der Waals surface area (Å²) in [5, 5.41) is 19.4. The second-order valence-electron chi connectivity index (χ2n) is 3.88. The SMILES string of the molecule is CC(CO)CSc1ccc([N+](=O)[O-])cc1C(F)F. The first-order valence-corrected chi connectivity index (χ1v) is 6.24. The molecule has 1 atom stereocenters. The van der Waals surface area contributed by atoms with E-state index < -0.39 is 11.3 Å². The third-order valence-corrected chi connectivity index (χ3v) is 3.69. The van der Waals surface area contributed by atoms with E-state index >= 15 is 0 Å². The first kappa shape index (κ1) is 14.8. The molecule has 4 nitrogen and oxygen atoms in total. The number of nitro benzene ring substituents is 1. The van der Waals surface area contributed by atoms with Gasteiger partial charge in [-0.05, 0) is 12.0 Å². The average molecular weight is 277 g/mol. The molecular weight excluding hydrogens is 264 g/mol. The number of hydrogen-bond donors (Lipinski definition) is 1. The van der Waals surface area contributed by atoms with Crippen LogP contribution in [0.2, 0.25) is 0 Å². The van der Waals surface area contributed by atoms with E-state index in [9.17, 15) is 18.9 Å². The van der Waals surface area contributed by atoms with Gasteiger partial charge in [-0.25, -0.2) is 8.78 Å². The Hall–Kier alpha value is -1.21. The molecule has 0 spiro atoms. The van der Waals surface area contributed by atoms with Gasteiger partial charge in [0.25, 0.3) is 12.1 Å². The highest BCUT2D eigenvalue weighted by Crippen LogP contribution is 2.34. The van der Waals surface area contributed by atoms with Crippen LogP contribution in [0.25, 0.3) is 0 Å². The minimum absolute atomic E-state index is 0.0179. The summed E-state index contributed by atoms with van der Waals surface area (Å²) in [5.41, 5.74) is -0.677. The van der Waals surface area contributed by atoms with Gasteiger partial charge in [0.2, 0.25) is 0 Å². The molecule has 0 aromatic heterocycles. The quantitative estimate of drug-likeness (QED) is 0.492. The normalized spacial score (nSPS) is 12.7. The van der Waals surface area contributed by atoms with E-state index in [4.69, 9.17) is 5.11 Å².